The van der Waals surface area contributed by atoms with Crippen LogP contribution in [-0.4, -0.2) is 12.7 Å². The highest BCUT2D eigenvalue weighted by Crippen LogP contribution is 2.35. The molecular weight excluding hydrogens is 311 g/mol. The first-order valence-corrected chi connectivity index (χ1v) is 7.27. The minimum absolute atomic E-state index is 0.140. The Morgan fingerprint density at radius 3 is 2.48 bits per heavy atom. The van der Waals surface area contributed by atoms with Crippen LogP contribution in [0.2, 0.25) is 10.0 Å². The second kappa shape index (κ2) is 6.24. The van der Waals surface area contributed by atoms with Crippen molar-refractivity contribution < 1.29 is 15.6 Å². The molecule has 0 saturated carbocycles. The molecule has 110 valence electrons. The van der Waals surface area contributed by atoms with Gasteiger partial charge in [-0.05, 0) is 49.4 Å². The van der Waals surface area contributed by atoms with Crippen molar-refractivity contribution in [3.63, 3.8) is 0 Å². The van der Waals surface area contributed by atoms with Gasteiger partial charge in [-0.1, -0.05) is 23.2 Å². The molecule has 0 radical (unpaired) electrons. The average Bonchev–Trinajstić information content (AvgIpc) is 2.82. The highest BCUT2D eigenvalue weighted by Gasteiger charge is 2.26. The van der Waals surface area contributed by atoms with Crippen molar-refractivity contribution >= 4 is 23.2 Å². The Labute approximate surface area is 134 Å². The molecule has 1 heterocycles. The lowest BCUT2D eigenvalue weighted by molar-refractivity contribution is -0.0571. The summed E-state index contributed by atoms with van der Waals surface area (Å²) in [6, 6.07) is 12.1. The van der Waals surface area contributed by atoms with E-state index in [1.165, 1.54) is 0 Å². The maximum atomic E-state index is 8.22. The molecule has 1 aliphatic heterocycles. The molecule has 2 aromatic rings. The molecule has 2 aromatic carbocycles. The van der Waals surface area contributed by atoms with E-state index in [1.807, 2.05) is 6.92 Å². The zero-order valence-corrected chi connectivity index (χ0v) is 12.8. The third-order valence-electron chi connectivity index (χ3n) is 2.97. The Balaban J connectivity index is 1.82. The van der Waals surface area contributed by atoms with Crippen LogP contribution in [0.5, 0.6) is 11.5 Å². The van der Waals surface area contributed by atoms with E-state index in [0.717, 1.165) is 0 Å². The largest absolute Gasteiger partial charge is 0.457 e. The van der Waals surface area contributed by atoms with Crippen molar-refractivity contribution in [1.29, 1.82) is 0 Å². The van der Waals surface area contributed by atoms with Gasteiger partial charge < -0.3 is 14.2 Å². The predicted octanol–water partition coefficient (Wildman–Crippen LogP) is 5.22. The number of hydrogen-bond acceptors (Lipinski definition) is 3. The zero-order valence-electron chi connectivity index (χ0n) is 12.3. The van der Waals surface area contributed by atoms with Crippen LogP contribution in [0.15, 0.2) is 42.5 Å². The number of ether oxygens (including phenoxy) is 3. The quantitative estimate of drug-likeness (QED) is 0.774. The molecule has 0 bridgehead atoms. The third-order valence-corrected chi connectivity index (χ3v) is 3.53. The summed E-state index contributed by atoms with van der Waals surface area (Å²) in [5, 5.41) is 0.997. The normalized spacial score (nSPS) is 25.7. The fourth-order valence-corrected chi connectivity index (χ4v) is 2.32. The molecule has 3 nitrogen and oxygen atoms in total. The van der Waals surface area contributed by atoms with E-state index >= 15 is 0 Å². The summed E-state index contributed by atoms with van der Waals surface area (Å²) >= 11 is 12.1. The fraction of sp³-hybridized carbons (Fsp3) is 0.250. The van der Waals surface area contributed by atoms with Crippen molar-refractivity contribution in [2.75, 3.05) is 6.61 Å². The second-order valence-electron chi connectivity index (χ2n) is 4.72. The molecule has 0 unspecified atom stereocenters. The standard InChI is InChI=1S/C16H14Cl2O3/c1-10-9-19-16(20-10)14-7-6-13(8-15(14)18)21-12-4-2-11(17)3-5-12/h2-8,10,16H,9H2,1H3/t10-,16-/m0/s1/i16D. The number of halogens is 2. The lowest BCUT2D eigenvalue weighted by Crippen LogP contribution is -2.03. The van der Waals surface area contributed by atoms with Gasteiger partial charge in [0.05, 0.1) is 19.1 Å². The molecule has 0 aromatic heterocycles. The second-order valence-corrected chi connectivity index (χ2v) is 5.57. The van der Waals surface area contributed by atoms with Crippen LogP contribution in [0.1, 0.15) is 20.1 Å². The summed E-state index contributed by atoms with van der Waals surface area (Å²) < 4.78 is 24.8. The zero-order chi connectivity index (χ0) is 15.7. The fourth-order valence-electron chi connectivity index (χ4n) is 1.95. The van der Waals surface area contributed by atoms with E-state index in [4.69, 9.17) is 38.8 Å². The van der Waals surface area contributed by atoms with E-state index in [2.05, 4.69) is 0 Å². The van der Waals surface area contributed by atoms with E-state index in [1.54, 1.807) is 42.5 Å². The van der Waals surface area contributed by atoms with Crippen molar-refractivity contribution in [1.82, 2.24) is 0 Å². The monoisotopic (exact) mass is 325 g/mol. The summed E-state index contributed by atoms with van der Waals surface area (Å²) in [6.07, 6.45) is -1.70. The molecule has 21 heavy (non-hydrogen) atoms. The molecule has 0 aliphatic carbocycles. The SMILES string of the molecule is [2H][C@]1(c2ccc(Oc3ccc(Cl)cc3)cc2Cl)OC[C@H](C)O1. The minimum Gasteiger partial charge on any atom is -0.457 e. The van der Waals surface area contributed by atoms with E-state index in [0.29, 0.717) is 33.7 Å². The van der Waals surface area contributed by atoms with Gasteiger partial charge in [0.15, 0.2) is 6.27 Å². The van der Waals surface area contributed by atoms with Gasteiger partial charge in [-0.3, -0.25) is 0 Å². The van der Waals surface area contributed by atoms with Gasteiger partial charge in [0.25, 0.3) is 0 Å². The van der Waals surface area contributed by atoms with Crippen molar-refractivity contribution in [3.05, 3.63) is 58.1 Å². The van der Waals surface area contributed by atoms with Crippen LogP contribution in [0, 0.1) is 0 Å². The molecule has 3 rings (SSSR count). The summed E-state index contributed by atoms with van der Waals surface area (Å²) in [5.74, 6) is 1.21. The molecule has 1 saturated heterocycles. The Morgan fingerprint density at radius 1 is 1.14 bits per heavy atom. The average molecular weight is 326 g/mol. The minimum atomic E-state index is -1.56. The molecule has 0 amide bonds. The van der Waals surface area contributed by atoms with Gasteiger partial charge in [-0.15, -0.1) is 0 Å². The Morgan fingerprint density at radius 2 is 1.86 bits per heavy atom. The van der Waals surface area contributed by atoms with E-state index in [-0.39, 0.29) is 6.10 Å². The van der Waals surface area contributed by atoms with E-state index in [9.17, 15) is 0 Å². The summed E-state index contributed by atoms with van der Waals surface area (Å²) in [6.45, 7) is 2.21. The van der Waals surface area contributed by atoms with Crippen LogP contribution < -0.4 is 4.74 Å². The first-order valence-electron chi connectivity index (χ1n) is 7.01. The van der Waals surface area contributed by atoms with Gasteiger partial charge in [-0.2, -0.15) is 0 Å². The maximum absolute atomic E-state index is 8.22. The molecule has 1 fully saturated rings. The summed E-state index contributed by atoms with van der Waals surface area (Å²) in [5.41, 5.74) is 0.460. The van der Waals surface area contributed by atoms with Gasteiger partial charge >= 0.3 is 0 Å². The molecule has 2 atom stereocenters. The Kier molecular flexibility index (Phi) is 3.98. The highest BCUT2D eigenvalue weighted by atomic mass is 35.5. The lowest BCUT2D eigenvalue weighted by Gasteiger charge is -2.13. The van der Waals surface area contributed by atoms with Crippen LogP contribution in [-0.2, 0) is 9.47 Å². The third kappa shape index (κ3) is 3.50. The predicted molar refractivity (Wildman–Crippen MR) is 82.2 cm³/mol. The Bertz CT molecular complexity index is 678. The smallest absolute Gasteiger partial charge is 0.185 e. The van der Waals surface area contributed by atoms with Crippen molar-refractivity contribution in [3.8, 4) is 11.5 Å². The van der Waals surface area contributed by atoms with Gasteiger partial charge in [0.2, 0.25) is 0 Å². The van der Waals surface area contributed by atoms with Gasteiger partial charge in [-0.25, -0.2) is 0 Å². The first-order chi connectivity index (χ1) is 10.5. The van der Waals surface area contributed by atoms with Gasteiger partial charge in [0.1, 0.15) is 11.5 Å². The molecule has 0 N–H and O–H groups in total. The van der Waals surface area contributed by atoms with Crippen LogP contribution >= 0.6 is 23.2 Å². The molecule has 0 spiro atoms. The van der Waals surface area contributed by atoms with Crippen LogP contribution in [0.3, 0.4) is 0 Å². The highest BCUT2D eigenvalue weighted by molar-refractivity contribution is 6.31. The van der Waals surface area contributed by atoms with Gasteiger partial charge in [0, 0.05) is 10.6 Å². The van der Waals surface area contributed by atoms with Crippen molar-refractivity contribution in [2.24, 2.45) is 0 Å². The lowest BCUT2D eigenvalue weighted by atomic mass is 10.2. The molecule has 5 heteroatoms. The Hall–Kier alpha value is -1.26. The maximum Gasteiger partial charge on any atom is 0.185 e. The topological polar surface area (TPSA) is 27.7 Å². The molecular formula is C16H14Cl2O3. The van der Waals surface area contributed by atoms with E-state index < -0.39 is 6.27 Å². The van der Waals surface area contributed by atoms with Crippen LogP contribution in [0.25, 0.3) is 0 Å². The molecule has 1 aliphatic rings. The van der Waals surface area contributed by atoms with Crippen LogP contribution in [0.4, 0.5) is 0 Å². The summed E-state index contributed by atoms with van der Waals surface area (Å²) in [4.78, 5) is 0. The number of rotatable bonds is 3. The summed E-state index contributed by atoms with van der Waals surface area (Å²) in [7, 11) is 0. The number of hydrogen-bond donors (Lipinski definition) is 0. The van der Waals surface area contributed by atoms with Crippen molar-refractivity contribution in [2.45, 2.75) is 19.3 Å². The first kappa shape index (κ1) is 13.4. The number of benzene rings is 2.